The number of nitrogens with one attached hydrogen (secondary N) is 2. The van der Waals surface area contributed by atoms with Crippen molar-refractivity contribution in [1.29, 1.82) is 0 Å². The Labute approximate surface area is 158 Å². The maximum Gasteiger partial charge on any atom is 0.432 e. The molecule has 1 amide bonds. The monoisotopic (exact) mass is 389 g/mol. The molecule has 0 radical (unpaired) electrons. The smallest absolute Gasteiger partial charge is 0.334 e. The Morgan fingerprint density at radius 2 is 1.96 bits per heavy atom. The Morgan fingerprint density at radius 3 is 2.54 bits per heavy atom. The van der Waals surface area contributed by atoms with Crippen molar-refractivity contribution in [2.45, 2.75) is 18.5 Å². The molecular weight excluding hydrogens is 371 g/mol. The van der Waals surface area contributed by atoms with Gasteiger partial charge in [0.2, 0.25) is 5.91 Å². The van der Waals surface area contributed by atoms with Crippen LogP contribution in [0.1, 0.15) is 23.6 Å². The Balaban J connectivity index is 1.55. The van der Waals surface area contributed by atoms with E-state index < -0.39 is 17.8 Å². The summed E-state index contributed by atoms with van der Waals surface area (Å²) in [6.45, 7) is 0. The standard InChI is InChI=1S/C20H18F3N3O2/c21-20(22,23)14-10-24-18(25-14)13-8-6-12(7-9-13)16-15(17(16)19(27)26-28)11-4-2-1-3-5-11/h1-4,6-11,15-17,28H,5H2,(H,24,25)(H,26,27)/t11?,15-,16-,17-/m1/s1. The minimum Gasteiger partial charge on any atom is -0.334 e. The lowest BCUT2D eigenvalue weighted by Gasteiger charge is -2.12. The van der Waals surface area contributed by atoms with Gasteiger partial charge in [-0.1, -0.05) is 48.6 Å². The Morgan fingerprint density at radius 1 is 1.21 bits per heavy atom. The molecule has 8 heteroatoms. The zero-order valence-electron chi connectivity index (χ0n) is 14.6. The third-order valence-electron chi connectivity index (χ3n) is 5.45. The first-order chi connectivity index (χ1) is 13.4. The molecule has 0 aliphatic heterocycles. The molecule has 2 aromatic rings. The number of aromatic amines is 1. The van der Waals surface area contributed by atoms with Crippen LogP contribution in [0.4, 0.5) is 13.2 Å². The summed E-state index contributed by atoms with van der Waals surface area (Å²) in [7, 11) is 0. The highest BCUT2D eigenvalue weighted by Gasteiger charge is 2.57. The molecule has 1 fully saturated rings. The van der Waals surface area contributed by atoms with Gasteiger partial charge in [0.25, 0.3) is 0 Å². The fourth-order valence-electron chi connectivity index (χ4n) is 4.07. The fourth-order valence-corrected chi connectivity index (χ4v) is 4.07. The van der Waals surface area contributed by atoms with Gasteiger partial charge in [0.1, 0.15) is 11.5 Å². The van der Waals surface area contributed by atoms with Crippen molar-refractivity contribution >= 4 is 5.91 Å². The second-order valence-electron chi connectivity index (χ2n) is 7.08. The van der Waals surface area contributed by atoms with E-state index in [1.807, 2.05) is 18.2 Å². The predicted molar refractivity (Wildman–Crippen MR) is 95.1 cm³/mol. The first-order valence-corrected chi connectivity index (χ1v) is 8.90. The number of halogens is 3. The highest BCUT2D eigenvalue weighted by molar-refractivity contribution is 5.83. The van der Waals surface area contributed by atoms with E-state index in [-0.39, 0.29) is 29.5 Å². The van der Waals surface area contributed by atoms with Gasteiger partial charge in [0.05, 0.1) is 12.1 Å². The molecule has 4 atom stereocenters. The van der Waals surface area contributed by atoms with E-state index in [0.717, 1.165) is 18.2 Å². The summed E-state index contributed by atoms with van der Waals surface area (Å²) in [6, 6.07) is 6.98. The van der Waals surface area contributed by atoms with Gasteiger partial charge in [-0.25, -0.2) is 10.5 Å². The van der Waals surface area contributed by atoms with Crippen LogP contribution in [0.3, 0.4) is 0 Å². The zero-order valence-corrected chi connectivity index (χ0v) is 14.6. The summed E-state index contributed by atoms with van der Waals surface area (Å²) in [5, 5.41) is 9.05. The molecule has 1 aromatic heterocycles. The van der Waals surface area contributed by atoms with Gasteiger partial charge in [-0.3, -0.25) is 10.0 Å². The summed E-state index contributed by atoms with van der Waals surface area (Å²) in [4.78, 5) is 18.2. The SMILES string of the molecule is O=C(NO)[C@H]1[C@H](c2ccc(-c3ncc(C(F)(F)F)[nH]3)cc2)[C@H]1C1C=CC=CC1. The van der Waals surface area contributed by atoms with Crippen molar-refractivity contribution in [3.05, 3.63) is 66.0 Å². The van der Waals surface area contributed by atoms with E-state index in [2.05, 4.69) is 16.0 Å². The quantitative estimate of drug-likeness (QED) is 0.545. The molecule has 28 heavy (non-hydrogen) atoms. The lowest BCUT2D eigenvalue weighted by molar-refractivity contribution is -0.140. The van der Waals surface area contributed by atoms with E-state index in [1.165, 1.54) is 0 Å². The summed E-state index contributed by atoms with van der Waals surface area (Å²) in [5.41, 5.74) is 2.29. The zero-order chi connectivity index (χ0) is 19.9. The van der Waals surface area contributed by atoms with Crippen molar-refractivity contribution in [1.82, 2.24) is 15.4 Å². The number of carbonyl (C=O) groups excluding carboxylic acids is 1. The highest BCUT2D eigenvalue weighted by atomic mass is 19.4. The number of hydrogen-bond acceptors (Lipinski definition) is 3. The van der Waals surface area contributed by atoms with Crippen LogP contribution in [-0.2, 0) is 11.0 Å². The third-order valence-corrected chi connectivity index (χ3v) is 5.45. The maximum absolute atomic E-state index is 12.7. The Hall–Kier alpha value is -2.87. The van der Waals surface area contributed by atoms with Crippen LogP contribution in [0.15, 0.2) is 54.8 Å². The number of rotatable bonds is 4. The van der Waals surface area contributed by atoms with Crippen molar-refractivity contribution in [2.75, 3.05) is 0 Å². The van der Waals surface area contributed by atoms with Gasteiger partial charge in [0.15, 0.2) is 0 Å². The molecule has 0 spiro atoms. The molecule has 1 saturated carbocycles. The molecule has 1 heterocycles. The van der Waals surface area contributed by atoms with Gasteiger partial charge in [-0.2, -0.15) is 13.2 Å². The Kier molecular flexibility index (Phi) is 4.58. The normalized spacial score (nSPS) is 26.3. The van der Waals surface area contributed by atoms with Crippen LogP contribution >= 0.6 is 0 Å². The van der Waals surface area contributed by atoms with Crippen LogP contribution in [0.2, 0.25) is 0 Å². The number of nitrogens with zero attached hydrogens (tertiary/aromatic N) is 1. The van der Waals surface area contributed by atoms with Crippen LogP contribution in [-0.4, -0.2) is 21.1 Å². The van der Waals surface area contributed by atoms with Crippen LogP contribution in [0.25, 0.3) is 11.4 Å². The van der Waals surface area contributed by atoms with Gasteiger partial charge < -0.3 is 4.98 Å². The predicted octanol–water partition coefficient (Wildman–Crippen LogP) is 4.06. The number of carbonyl (C=O) groups is 1. The Bertz CT molecular complexity index is 931. The fraction of sp³-hybridized carbons (Fsp3) is 0.300. The number of alkyl halides is 3. The second-order valence-corrected chi connectivity index (χ2v) is 7.08. The first kappa shape index (κ1) is 18.5. The van der Waals surface area contributed by atoms with Gasteiger partial charge in [-0.15, -0.1) is 0 Å². The molecule has 5 nitrogen and oxygen atoms in total. The largest absolute Gasteiger partial charge is 0.432 e. The average molecular weight is 389 g/mol. The van der Waals surface area contributed by atoms with Crippen LogP contribution in [0, 0.1) is 17.8 Å². The third kappa shape index (κ3) is 3.35. The van der Waals surface area contributed by atoms with Crippen molar-refractivity contribution in [3.63, 3.8) is 0 Å². The molecular formula is C20H18F3N3O2. The molecule has 2 aliphatic rings. The number of allylic oxidation sites excluding steroid dienone is 4. The van der Waals surface area contributed by atoms with E-state index >= 15 is 0 Å². The van der Waals surface area contributed by atoms with E-state index in [0.29, 0.717) is 5.56 Å². The van der Waals surface area contributed by atoms with Crippen molar-refractivity contribution in [2.24, 2.45) is 17.8 Å². The van der Waals surface area contributed by atoms with Gasteiger partial charge in [-0.05, 0) is 23.8 Å². The molecule has 146 valence electrons. The van der Waals surface area contributed by atoms with E-state index in [9.17, 15) is 18.0 Å². The first-order valence-electron chi connectivity index (χ1n) is 8.90. The average Bonchev–Trinajstić information content (AvgIpc) is 3.23. The maximum atomic E-state index is 12.7. The second kappa shape index (κ2) is 6.94. The number of hydrogen-bond donors (Lipinski definition) is 3. The summed E-state index contributed by atoms with van der Waals surface area (Å²) in [6.07, 6.45) is 5.16. The number of aromatic nitrogens is 2. The highest BCUT2D eigenvalue weighted by Crippen LogP contribution is 2.59. The van der Waals surface area contributed by atoms with Crippen molar-refractivity contribution in [3.8, 4) is 11.4 Å². The molecule has 2 aliphatic carbocycles. The minimum atomic E-state index is -4.47. The molecule has 0 bridgehead atoms. The van der Waals surface area contributed by atoms with Crippen molar-refractivity contribution < 1.29 is 23.2 Å². The summed E-state index contributed by atoms with van der Waals surface area (Å²) in [5.74, 6) is -0.391. The summed E-state index contributed by atoms with van der Waals surface area (Å²) >= 11 is 0. The lowest BCUT2D eigenvalue weighted by Crippen LogP contribution is -2.22. The lowest BCUT2D eigenvalue weighted by atomic mass is 9.92. The van der Waals surface area contributed by atoms with Crippen LogP contribution < -0.4 is 5.48 Å². The van der Waals surface area contributed by atoms with E-state index in [1.54, 1.807) is 29.7 Å². The van der Waals surface area contributed by atoms with Gasteiger partial charge in [0, 0.05) is 11.5 Å². The van der Waals surface area contributed by atoms with E-state index in [4.69, 9.17) is 5.21 Å². The molecule has 1 aromatic carbocycles. The molecule has 3 N–H and O–H groups in total. The number of hydroxylamine groups is 1. The van der Waals surface area contributed by atoms with Gasteiger partial charge >= 0.3 is 6.18 Å². The number of benzene rings is 1. The van der Waals surface area contributed by atoms with Crippen LogP contribution in [0.5, 0.6) is 0 Å². The number of imidazole rings is 1. The molecule has 4 rings (SSSR count). The molecule has 0 saturated heterocycles. The summed E-state index contributed by atoms with van der Waals surface area (Å²) < 4.78 is 38.2. The number of amides is 1. The minimum absolute atomic E-state index is 0.0512. The topological polar surface area (TPSA) is 78.0 Å². The number of H-pyrrole nitrogens is 1. The molecule has 1 unspecified atom stereocenters.